The molecule has 0 aromatic heterocycles. The van der Waals surface area contributed by atoms with Crippen LogP contribution in [0.5, 0.6) is 11.5 Å². The predicted molar refractivity (Wildman–Crippen MR) is 109 cm³/mol. The van der Waals surface area contributed by atoms with Gasteiger partial charge < -0.3 is 14.2 Å². The van der Waals surface area contributed by atoms with Crippen molar-refractivity contribution in [3.05, 3.63) is 77.5 Å². The van der Waals surface area contributed by atoms with Gasteiger partial charge in [-0.25, -0.2) is 9.79 Å². The molecular formula is C23H19NO4. The van der Waals surface area contributed by atoms with E-state index in [9.17, 15) is 4.79 Å². The Balaban J connectivity index is 1.72. The number of carbonyl (C=O) groups is 1. The normalized spacial score (nSPS) is 14.9. The molecule has 3 aromatic rings. The van der Waals surface area contributed by atoms with E-state index in [2.05, 4.69) is 4.99 Å². The fraction of sp³-hybridized carbons (Fsp3) is 0.130. The molecule has 0 radical (unpaired) electrons. The maximum atomic E-state index is 12.4. The molecular weight excluding hydrogens is 354 g/mol. The SMILES string of the molecule is CCOc1cc(C=C2N=C(c3cccc4ccccc34)OC2=O)ccc1OC. The first-order valence-electron chi connectivity index (χ1n) is 9.01. The van der Waals surface area contributed by atoms with Crippen molar-refractivity contribution in [1.29, 1.82) is 0 Å². The fourth-order valence-corrected chi connectivity index (χ4v) is 3.15. The third kappa shape index (κ3) is 3.34. The van der Waals surface area contributed by atoms with Crippen LogP contribution < -0.4 is 9.47 Å². The summed E-state index contributed by atoms with van der Waals surface area (Å²) in [6.45, 7) is 2.42. The summed E-state index contributed by atoms with van der Waals surface area (Å²) in [5.74, 6) is 1.09. The van der Waals surface area contributed by atoms with Gasteiger partial charge in [-0.1, -0.05) is 42.5 Å². The summed E-state index contributed by atoms with van der Waals surface area (Å²) in [6, 6.07) is 19.2. The molecule has 0 fully saturated rings. The van der Waals surface area contributed by atoms with Gasteiger partial charge in [0.1, 0.15) is 0 Å². The molecule has 0 saturated carbocycles. The predicted octanol–water partition coefficient (Wildman–Crippen LogP) is 4.59. The summed E-state index contributed by atoms with van der Waals surface area (Å²) in [6.07, 6.45) is 1.68. The summed E-state index contributed by atoms with van der Waals surface area (Å²) < 4.78 is 16.3. The lowest BCUT2D eigenvalue weighted by atomic mass is 10.0. The second kappa shape index (κ2) is 7.56. The molecule has 5 heteroatoms. The number of nitrogens with zero attached hydrogens (tertiary/aromatic N) is 1. The molecule has 0 unspecified atom stereocenters. The monoisotopic (exact) mass is 373 g/mol. The van der Waals surface area contributed by atoms with Crippen LogP contribution in [0.4, 0.5) is 0 Å². The molecule has 0 aliphatic carbocycles. The third-order valence-corrected chi connectivity index (χ3v) is 4.43. The number of hydrogen-bond acceptors (Lipinski definition) is 5. The van der Waals surface area contributed by atoms with Crippen molar-refractivity contribution in [2.75, 3.05) is 13.7 Å². The molecule has 4 rings (SSSR count). The Morgan fingerprint density at radius 1 is 1.04 bits per heavy atom. The molecule has 0 spiro atoms. The first-order chi connectivity index (χ1) is 13.7. The number of methoxy groups -OCH3 is 1. The minimum Gasteiger partial charge on any atom is -0.493 e. The smallest absolute Gasteiger partial charge is 0.363 e. The second-order valence-electron chi connectivity index (χ2n) is 6.21. The van der Waals surface area contributed by atoms with Crippen LogP contribution in [0.3, 0.4) is 0 Å². The Hall–Kier alpha value is -3.60. The van der Waals surface area contributed by atoms with Crippen molar-refractivity contribution in [3.8, 4) is 11.5 Å². The number of rotatable bonds is 5. The number of esters is 1. The van der Waals surface area contributed by atoms with E-state index in [0.717, 1.165) is 21.9 Å². The molecule has 0 amide bonds. The van der Waals surface area contributed by atoms with E-state index in [0.29, 0.717) is 24.0 Å². The molecule has 0 saturated heterocycles. The van der Waals surface area contributed by atoms with E-state index in [1.807, 2.05) is 61.5 Å². The number of carbonyl (C=O) groups excluding carboxylic acids is 1. The van der Waals surface area contributed by atoms with Gasteiger partial charge in [0, 0.05) is 5.56 Å². The van der Waals surface area contributed by atoms with Crippen LogP contribution in [0, 0.1) is 0 Å². The van der Waals surface area contributed by atoms with E-state index in [4.69, 9.17) is 14.2 Å². The van der Waals surface area contributed by atoms with Crippen LogP contribution >= 0.6 is 0 Å². The van der Waals surface area contributed by atoms with Gasteiger partial charge in [-0.2, -0.15) is 0 Å². The van der Waals surface area contributed by atoms with Crippen LogP contribution in [0.15, 0.2) is 71.4 Å². The Kier molecular flexibility index (Phi) is 4.81. The number of aliphatic imine (C=N–C) groups is 1. The summed E-state index contributed by atoms with van der Waals surface area (Å²) in [4.78, 5) is 16.8. The van der Waals surface area contributed by atoms with Crippen LogP contribution in [-0.2, 0) is 9.53 Å². The lowest BCUT2D eigenvalue weighted by Crippen LogP contribution is -2.05. The quantitative estimate of drug-likeness (QED) is 0.485. The standard InChI is InChI=1S/C23H19NO4/c1-3-27-21-14-15(11-12-20(21)26-2)13-19-23(25)28-22(24-19)18-10-6-8-16-7-4-5-9-17(16)18/h4-14H,3H2,1-2H3. The van der Waals surface area contributed by atoms with E-state index < -0.39 is 5.97 Å². The third-order valence-electron chi connectivity index (χ3n) is 4.43. The van der Waals surface area contributed by atoms with Gasteiger partial charge in [0.15, 0.2) is 17.2 Å². The van der Waals surface area contributed by atoms with Crippen molar-refractivity contribution >= 4 is 28.7 Å². The minimum absolute atomic E-state index is 0.246. The largest absolute Gasteiger partial charge is 0.493 e. The van der Waals surface area contributed by atoms with Gasteiger partial charge in [-0.05, 0) is 47.5 Å². The second-order valence-corrected chi connectivity index (χ2v) is 6.21. The number of fused-ring (bicyclic) bond motifs is 1. The van der Waals surface area contributed by atoms with Gasteiger partial charge in [-0.15, -0.1) is 0 Å². The lowest BCUT2D eigenvalue weighted by Gasteiger charge is -2.09. The Morgan fingerprint density at radius 2 is 1.86 bits per heavy atom. The van der Waals surface area contributed by atoms with Gasteiger partial charge in [-0.3, -0.25) is 0 Å². The molecule has 3 aromatic carbocycles. The molecule has 140 valence electrons. The zero-order valence-corrected chi connectivity index (χ0v) is 15.6. The highest BCUT2D eigenvalue weighted by atomic mass is 16.6. The average Bonchev–Trinajstić information content (AvgIpc) is 3.08. The summed E-state index contributed by atoms with van der Waals surface area (Å²) in [5.41, 5.74) is 1.81. The van der Waals surface area contributed by atoms with Crippen LogP contribution in [0.1, 0.15) is 18.1 Å². The van der Waals surface area contributed by atoms with E-state index >= 15 is 0 Å². The molecule has 1 aliphatic heterocycles. The van der Waals surface area contributed by atoms with Crippen molar-refractivity contribution in [2.24, 2.45) is 4.99 Å². The minimum atomic E-state index is -0.475. The Labute approximate surface area is 162 Å². The first-order valence-corrected chi connectivity index (χ1v) is 9.01. The molecule has 1 heterocycles. The highest BCUT2D eigenvalue weighted by molar-refractivity contribution is 6.17. The molecule has 0 atom stereocenters. The highest BCUT2D eigenvalue weighted by Crippen LogP contribution is 2.30. The first kappa shape index (κ1) is 17.8. The van der Waals surface area contributed by atoms with Crippen molar-refractivity contribution < 1.29 is 19.0 Å². The topological polar surface area (TPSA) is 57.1 Å². The summed E-state index contributed by atoms with van der Waals surface area (Å²) in [5, 5.41) is 2.05. The number of hydrogen-bond donors (Lipinski definition) is 0. The average molecular weight is 373 g/mol. The van der Waals surface area contributed by atoms with Crippen LogP contribution in [0.25, 0.3) is 16.8 Å². The Morgan fingerprint density at radius 3 is 2.68 bits per heavy atom. The molecule has 28 heavy (non-hydrogen) atoms. The van der Waals surface area contributed by atoms with Crippen LogP contribution in [0.2, 0.25) is 0 Å². The zero-order valence-electron chi connectivity index (χ0n) is 15.6. The summed E-state index contributed by atoms with van der Waals surface area (Å²) in [7, 11) is 1.59. The summed E-state index contributed by atoms with van der Waals surface area (Å²) >= 11 is 0. The van der Waals surface area contributed by atoms with Crippen molar-refractivity contribution in [3.63, 3.8) is 0 Å². The molecule has 0 bridgehead atoms. The number of benzene rings is 3. The molecule has 0 N–H and O–H groups in total. The van der Waals surface area contributed by atoms with Crippen molar-refractivity contribution in [2.45, 2.75) is 6.92 Å². The van der Waals surface area contributed by atoms with E-state index in [-0.39, 0.29) is 5.70 Å². The maximum Gasteiger partial charge on any atom is 0.363 e. The van der Waals surface area contributed by atoms with Gasteiger partial charge in [0.2, 0.25) is 5.90 Å². The molecule has 1 aliphatic rings. The van der Waals surface area contributed by atoms with Gasteiger partial charge in [0.25, 0.3) is 0 Å². The Bertz CT molecular complexity index is 1110. The number of ether oxygens (including phenoxy) is 3. The molecule has 5 nitrogen and oxygen atoms in total. The highest BCUT2D eigenvalue weighted by Gasteiger charge is 2.25. The van der Waals surface area contributed by atoms with Gasteiger partial charge >= 0.3 is 5.97 Å². The number of cyclic esters (lactones) is 1. The van der Waals surface area contributed by atoms with E-state index in [1.54, 1.807) is 19.3 Å². The van der Waals surface area contributed by atoms with Crippen molar-refractivity contribution in [1.82, 2.24) is 0 Å². The zero-order chi connectivity index (χ0) is 19.5. The van der Waals surface area contributed by atoms with E-state index in [1.165, 1.54) is 0 Å². The fourth-order valence-electron chi connectivity index (χ4n) is 3.15. The van der Waals surface area contributed by atoms with Crippen LogP contribution in [-0.4, -0.2) is 25.6 Å². The maximum absolute atomic E-state index is 12.4. The van der Waals surface area contributed by atoms with Gasteiger partial charge in [0.05, 0.1) is 13.7 Å². The lowest BCUT2D eigenvalue weighted by molar-refractivity contribution is -0.129.